The molecule has 2 heteroatoms. The monoisotopic (exact) mass is 184 g/mol. The van der Waals surface area contributed by atoms with E-state index in [1.54, 1.807) is 12.2 Å². The number of hydrogen-bond donors (Lipinski definition) is 1. The van der Waals surface area contributed by atoms with Crippen LogP contribution in [0.4, 0.5) is 0 Å². The highest BCUT2D eigenvalue weighted by atomic mass is 16.3. The minimum absolute atomic E-state index is 0.0826. The van der Waals surface area contributed by atoms with Gasteiger partial charge in [0.15, 0.2) is 0 Å². The first-order valence-electron chi connectivity index (χ1n) is 5.02. The number of carbonyl (C=O) groups excluding carboxylic acids is 1. The number of rotatable bonds is 7. The maximum atomic E-state index is 10.2. The van der Waals surface area contributed by atoms with E-state index in [0.717, 1.165) is 25.5 Å². The van der Waals surface area contributed by atoms with Crippen molar-refractivity contribution in [3.8, 4) is 0 Å². The van der Waals surface area contributed by atoms with Crippen molar-refractivity contribution >= 4 is 6.29 Å². The maximum absolute atomic E-state index is 10.2. The number of aliphatic hydroxyl groups excluding tert-OH is 1. The fraction of sp³-hybridized carbons (Fsp3) is 0.727. The third-order valence-electron chi connectivity index (χ3n) is 1.95. The van der Waals surface area contributed by atoms with E-state index < -0.39 is 0 Å². The lowest BCUT2D eigenvalue weighted by Gasteiger charge is -2.04. The Hall–Kier alpha value is -0.630. The fourth-order valence-corrected chi connectivity index (χ4v) is 1.05. The van der Waals surface area contributed by atoms with Gasteiger partial charge >= 0.3 is 0 Å². The highest BCUT2D eigenvalue weighted by Crippen LogP contribution is 2.05. The molecule has 0 saturated carbocycles. The molecule has 0 aliphatic rings. The zero-order valence-corrected chi connectivity index (χ0v) is 8.57. The molecule has 13 heavy (non-hydrogen) atoms. The summed E-state index contributed by atoms with van der Waals surface area (Å²) in [5.74, 6) is -0.0826. The van der Waals surface area contributed by atoms with Gasteiger partial charge < -0.3 is 9.90 Å². The molecular weight excluding hydrogens is 164 g/mol. The Kier molecular flexibility index (Phi) is 7.60. The molecule has 0 bridgehead atoms. The number of unbranched alkanes of at least 4 members (excludes halogenated alkanes) is 2. The molecule has 2 unspecified atom stereocenters. The second kappa shape index (κ2) is 7.99. The van der Waals surface area contributed by atoms with Gasteiger partial charge in [-0.25, -0.2) is 0 Å². The summed E-state index contributed by atoms with van der Waals surface area (Å²) in [5.41, 5.74) is 0. The molecule has 0 heterocycles. The highest BCUT2D eigenvalue weighted by molar-refractivity contribution is 5.55. The molecule has 0 aromatic carbocycles. The Morgan fingerprint density at radius 3 is 2.54 bits per heavy atom. The lowest BCUT2D eigenvalue weighted by Crippen LogP contribution is -2.02. The topological polar surface area (TPSA) is 37.3 Å². The zero-order valence-electron chi connectivity index (χ0n) is 8.57. The third kappa shape index (κ3) is 7.72. The van der Waals surface area contributed by atoms with Crippen molar-refractivity contribution in [1.82, 2.24) is 0 Å². The predicted octanol–water partition coefficient (Wildman–Crippen LogP) is 2.32. The van der Waals surface area contributed by atoms with Crippen LogP contribution >= 0.6 is 0 Å². The number of aliphatic hydroxyl groups is 1. The minimum Gasteiger partial charge on any atom is -0.389 e. The van der Waals surface area contributed by atoms with E-state index in [-0.39, 0.29) is 12.0 Å². The third-order valence-corrected chi connectivity index (χ3v) is 1.95. The quantitative estimate of drug-likeness (QED) is 0.374. The molecule has 0 aliphatic carbocycles. The molecule has 0 saturated heterocycles. The Labute approximate surface area is 80.7 Å². The van der Waals surface area contributed by atoms with Crippen molar-refractivity contribution in [3.05, 3.63) is 12.2 Å². The first-order chi connectivity index (χ1) is 6.20. The normalized spacial score (nSPS) is 15.9. The number of carbonyl (C=O) groups is 1. The summed E-state index contributed by atoms with van der Waals surface area (Å²) in [6, 6.07) is 0. The average Bonchev–Trinajstić information content (AvgIpc) is 2.14. The Balaban J connectivity index is 3.54. The van der Waals surface area contributed by atoms with E-state index in [0.29, 0.717) is 0 Å². The zero-order chi connectivity index (χ0) is 10.1. The molecular formula is C11H20O2. The molecule has 2 nitrogen and oxygen atoms in total. The van der Waals surface area contributed by atoms with E-state index >= 15 is 0 Å². The Bertz CT molecular complexity index is 152. The molecule has 0 aromatic heterocycles. The minimum atomic E-state index is -0.381. The van der Waals surface area contributed by atoms with Gasteiger partial charge in [-0.1, -0.05) is 45.3 Å². The smallest absolute Gasteiger partial charge is 0.126 e. The fourth-order valence-electron chi connectivity index (χ4n) is 1.05. The summed E-state index contributed by atoms with van der Waals surface area (Å²) >= 11 is 0. The second-order valence-electron chi connectivity index (χ2n) is 3.44. The van der Waals surface area contributed by atoms with E-state index in [4.69, 9.17) is 0 Å². The molecule has 2 atom stereocenters. The first kappa shape index (κ1) is 12.4. The summed E-state index contributed by atoms with van der Waals surface area (Å²) in [5, 5.41) is 9.42. The largest absolute Gasteiger partial charge is 0.389 e. The van der Waals surface area contributed by atoms with Gasteiger partial charge in [0.2, 0.25) is 0 Å². The maximum Gasteiger partial charge on any atom is 0.126 e. The van der Waals surface area contributed by atoms with E-state index in [1.807, 2.05) is 6.92 Å². The molecule has 76 valence electrons. The van der Waals surface area contributed by atoms with Gasteiger partial charge in [0.1, 0.15) is 6.29 Å². The van der Waals surface area contributed by atoms with Crippen molar-refractivity contribution < 1.29 is 9.90 Å². The summed E-state index contributed by atoms with van der Waals surface area (Å²) in [6.45, 7) is 3.94. The summed E-state index contributed by atoms with van der Waals surface area (Å²) < 4.78 is 0. The summed E-state index contributed by atoms with van der Waals surface area (Å²) in [4.78, 5) is 10.2. The molecule has 0 rings (SSSR count). The molecule has 0 amide bonds. The lowest BCUT2D eigenvalue weighted by molar-refractivity contribution is -0.109. The summed E-state index contributed by atoms with van der Waals surface area (Å²) in [6.07, 6.45) is 8.14. The van der Waals surface area contributed by atoms with Crippen LogP contribution in [0.15, 0.2) is 12.2 Å². The predicted molar refractivity (Wildman–Crippen MR) is 54.5 cm³/mol. The number of hydrogen-bond acceptors (Lipinski definition) is 2. The van der Waals surface area contributed by atoms with Gasteiger partial charge in [-0.15, -0.1) is 0 Å². The van der Waals surface area contributed by atoms with Gasteiger partial charge in [0.25, 0.3) is 0 Å². The van der Waals surface area contributed by atoms with Gasteiger partial charge in [-0.3, -0.25) is 0 Å². The molecule has 0 fully saturated rings. The van der Waals surface area contributed by atoms with Gasteiger partial charge in [0, 0.05) is 5.92 Å². The van der Waals surface area contributed by atoms with Crippen LogP contribution < -0.4 is 0 Å². The van der Waals surface area contributed by atoms with Gasteiger partial charge in [-0.2, -0.15) is 0 Å². The van der Waals surface area contributed by atoms with E-state index in [1.165, 1.54) is 6.42 Å². The van der Waals surface area contributed by atoms with Crippen LogP contribution in [-0.2, 0) is 4.79 Å². The number of aldehydes is 1. The van der Waals surface area contributed by atoms with Crippen LogP contribution in [0.2, 0.25) is 0 Å². The first-order valence-corrected chi connectivity index (χ1v) is 5.02. The van der Waals surface area contributed by atoms with Crippen molar-refractivity contribution in [1.29, 1.82) is 0 Å². The van der Waals surface area contributed by atoms with Gasteiger partial charge in [-0.05, 0) is 6.42 Å². The Morgan fingerprint density at radius 1 is 1.31 bits per heavy atom. The SMILES string of the molecule is CCCCCC(O)C=CC(C)C=O. The van der Waals surface area contributed by atoms with Crippen LogP contribution in [0.3, 0.4) is 0 Å². The number of allylic oxidation sites excluding steroid dienone is 1. The van der Waals surface area contributed by atoms with Crippen LogP contribution in [-0.4, -0.2) is 17.5 Å². The van der Waals surface area contributed by atoms with Crippen LogP contribution in [0.25, 0.3) is 0 Å². The standard InChI is InChI=1S/C11H20O2/c1-3-4-5-6-11(13)8-7-10(2)9-12/h7-11,13H,3-6H2,1-2H3. The summed E-state index contributed by atoms with van der Waals surface area (Å²) in [7, 11) is 0. The van der Waals surface area contributed by atoms with Crippen molar-refractivity contribution in [2.45, 2.75) is 45.6 Å². The molecule has 1 N–H and O–H groups in total. The highest BCUT2D eigenvalue weighted by Gasteiger charge is 1.99. The van der Waals surface area contributed by atoms with Crippen molar-refractivity contribution in [2.24, 2.45) is 5.92 Å². The molecule has 0 spiro atoms. The Morgan fingerprint density at radius 2 is 2.00 bits per heavy atom. The van der Waals surface area contributed by atoms with E-state index in [9.17, 15) is 9.90 Å². The lowest BCUT2D eigenvalue weighted by atomic mass is 10.1. The van der Waals surface area contributed by atoms with Crippen molar-refractivity contribution in [2.75, 3.05) is 0 Å². The average molecular weight is 184 g/mol. The molecule has 0 aromatic rings. The van der Waals surface area contributed by atoms with Crippen molar-refractivity contribution in [3.63, 3.8) is 0 Å². The van der Waals surface area contributed by atoms with Gasteiger partial charge in [0.05, 0.1) is 6.10 Å². The van der Waals surface area contributed by atoms with Crippen LogP contribution in [0, 0.1) is 5.92 Å². The molecule has 0 aliphatic heterocycles. The van der Waals surface area contributed by atoms with Crippen LogP contribution in [0.5, 0.6) is 0 Å². The second-order valence-corrected chi connectivity index (χ2v) is 3.44. The van der Waals surface area contributed by atoms with Crippen LogP contribution in [0.1, 0.15) is 39.5 Å². The molecule has 0 radical (unpaired) electrons. The van der Waals surface area contributed by atoms with E-state index in [2.05, 4.69) is 6.92 Å².